The lowest BCUT2D eigenvalue weighted by Crippen LogP contribution is -1.45. The topological polar surface area (TPSA) is 0 Å². The molecule has 0 aliphatic heterocycles. The molecule has 0 saturated heterocycles. The van der Waals surface area contributed by atoms with E-state index in [4.69, 9.17) is 46.4 Å². The lowest BCUT2D eigenvalue weighted by Gasteiger charge is -1.66. The molecule has 0 aliphatic carbocycles. The Balaban J connectivity index is 0. The van der Waals surface area contributed by atoms with Gasteiger partial charge in [0.2, 0.25) is 4.30 Å². The Labute approximate surface area is 69.4 Å². The van der Waals surface area contributed by atoms with Crippen molar-refractivity contribution in [3.63, 3.8) is 0 Å². The van der Waals surface area contributed by atoms with Gasteiger partial charge >= 0.3 is 0 Å². The Hall–Kier alpha value is 0.900. The van der Waals surface area contributed by atoms with Crippen LogP contribution >= 0.6 is 46.4 Å². The van der Waals surface area contributed by atoms with E-state index >= 15 is 0 Å². The zero-order valence-corrected chi connectivity index (χ0v) is 7.03. The maximum atomic E-state index is 5.07. The van der Waals surface area contributed by atoms with Crippen LogP contribution in [0.3, 0.4) is 0 Å². The first-order valence-corrected chi connectivity index (χ1v) is 3.32. The van der Waals surface area contributed by atoms with Crippen molar-refractivity contribution in [3.8, 4) is 0 Å². The molecule has 0 aliphatic rings. The Morgan fingerprint density at radius 2 is 1.50 bits per heavy atom. The van der Waals surface area contributed by atoms with E-state index in [2.05, 4.69) is 6.58 Å². The summed E-state index contributed by atoms with van der Waals surface area (Å²) in [6, 6.07) is 0. The van der Waals surface area contributed by atoms with Crippen LogP contribution in [-0.4, -0.2) is 5.88 Å². The molecule has 0 spiro atoms. The van der Waals surface area contributed by atoms with Crippen molar-refractivity contribution >= 4 is 46.4 Å². The SMILES string of the molecule is C=CCCl.Cl[C](Cl)Cl. The third-order valence-electron chi connectivity index (χ3n) is 0.109. The molecule has 0 bridgehead atoms. The molecule has 0 amide bonds. The first kappa shape index (κ1) is 11.7. The maximum absolute atomic E-state index is 5.07. The van der Waals surface area contributed by atoms with Gasteiger partial charge in [0.1, 0.15) is 0 Å². The molecule has 0 heterocycles. The van der Waals surface area contributed by atoms with E-state index in [0.29, 0.717) is 5.88 Å². The molecule has 8 heavy (non-hydrogen) atoms. The zero-order chi connectivity index (χ0) is 6.99. The minimum absolute atomic E-state index is 0.167. The minimum atomic E-state index is -0.167. The van der Waals surface area contributed by atoms with Crippen LogP contribution in [0.25, 0.3) is 0 Å². The maximum Gasteiger partial charge on any atom is 0.236 e. The normalized spacial score (nSPS) is 7.62. The molecule has 0 aromatic carbocycles. The van der Waals surface area contributed by atoms with Crippen molar-refractivity contribution in [2.75, 3.05) is 5.88 Å². The predicted molar refractivity (Wildman–Crippen MR) is 41.7 cm³/mol. The van der Waals surface area contributed by atoms with Gasteiger partial charge in [0.05, 0.1) is 0 Å². The Morgan fingerprint density at radius 3 is 1.50 bits per heavy atom. The third kappa shape index (κ3) is 66.5. The van der Waals surface area contributed by atoms with Crippen molar-refractivity contribution in [2.24, 2.45) is 0 Å². The van der Waals surface area contributed by atoms with E-state index in [-0.39, 0.29) is 4.30 Å². The molecule has 49 valence electrons. The number of alkyl halides is 1. The largest absolute Gasteiger partial charge is 0.236 e. The average molecular weight is 195 g/mol. The van der Waals surface area contributed by atoms with Gasteiger partial charge in [0.15, 0.2) is 0 Å². The second kappa shape index (κ2) is 10.8. The highest BCUT2D eigenvalue weighted by Gasteiger charge is 1.82. The number of rotatable bonds is 1. The van der Waals surface area contributed by atoms with Crippen LogP contribution < -0.4 is 0 Å². The summed E-state index contributed by atoms with van der Waals surface area (Å²) in [6.45, 7) is 3.35. The molecule has 0 fully saturated rings. The molecule has 0 aromatic heterocycles. The molecule has 4 heteroatoms. The monoisotopic (exact) mass is 193 g/mol. The van der Waals surface area contributed by atoms with Crippen molar-refractivity contribution in [1.29, 1.82) is 0 Å². The number of halogens is 4. The first-order valence-electron chi connectivity index (χ1n) is 1.65. The van der Waals surface area contributed by atoms with Crippen LogP contribution in [0.4, 0.5) is 0 Å². The van der Waals surface area contributed by atoms with Gasteiger partial charge in [-0.1, -0.05) is 40.9 Å². The quantitative estimate of drug-likeness (QED) is 0.443. The van der Waals surface area contributed by atoms with E-state index in [1.807, 2.05) is 0 Å². The molecule has 0 unspecified atom stereocenters. The van der Waals surface area contributed by atoms with Crippen LogP contribution in [0.5, 0.6) is 0 Å². The molecule has 0 rings (SSSR count). The highest BCUT2D eigenvalue weighted by molar-refractivity contribution is 6.72. The Bertz CT molecular complexity index is 40.5. The molecule has 1 radical (unpaired) electrons. The van der Waals surface area contributed by atoms with Gasteiger partial charge in [-0.25, -0.2) is 0 Å². The molecular weight excluding hydrogens is 190 g/mol. The van der Waals surface area contributed by atoms with Crippen LogP contribution in [0, 0.1) is 4.30 Å². The number of hydrogen-bond acceptors (Lipinski definition) is 0. The van der Waals surface area contributed by atoms with Gasteiger partial charge in [-0.15, -0.1) is 18.2 Å². The molecule has 0 atom stereocenters. The van der Waals surface area contributed by atoms with Crippen LogP contribution in [-0.2, 0) is 0 Å². The lowest BCUT2D eigenvalue weighted by atomic mass is 10.8. The fraction of sp³-hybridized carbons (Fsp3) is 0.250. The summed E-state index contributed by atoms with van der Waals surface area (Å²) in [4.78, 5) is 0. The molecular formula is C4H5Cl4. The number of hydrogen-bond donors (Lipinski definition) is 0. The van der Waals surface area contributed by atoms with E-state index in [9.17, 15) is 0 Å². The summed E-state index contributed by atoms with van der Waals surface area (Å²) >= 11 is 19.2. The fourth-order valence-corrected chi connectivity index (χ4v) is 0. The second-order valence-corrected chi connectivity index (χ2v) is 2.68. The van der Waals surface area contributed by atoms with E-state index < -0.39 is 0 Å². The number of allylic oxidation sites excluding steroid dienone is 1. The standard InChI is InChI=1S/C3H5Cl.CCl3/c1-2-3-4;2-1(3)4/h2H,1,3H2;. The van der Waals surface area contributed by atoms with Gasteiger partial charge in [-0.3, -0.25) is 0 Å². The van der Waals surface area contributed by atoms with Crippen molar-refractivity contribution in [2.45, 2.75) is 0 Å². The molecule has 0 N–H and O–H groups in total. The summed E-state index contributed by atoms with van der Waals surface area (Å²) in [6.07, 6.45) is 1.64. The smallest absolute Gasteiger partial charge is 0.122 e. The van der Waals surface area contributed by atoms with Crippen molar-refractivity contribution in [3.05, 3.63) is 17.0 Å². The van der Waals surface area contributed by atoms with Crippen molar-refractivity contribution < 1.29 is 0 Å². The molecule has 0 nitrogen and oxygen atoms in total. The zero-order valence-electron chi connectivity index (χ0n) is 4.00. The van der Waals surface area contributed by atoms with Crippen LogP contribution in [0.15, 0.2) is 12.7 Å². The second-order valence-electron chi connectivity index (χ2n) is 0.657. The first-order chi connectivity index (χ1) is 3.65. The van der Waals surface area contributed by atoms with Gasteiger partial charge in [0.25, 0.3) is 0 Å². The summed E-state index contributed by atoms with van der Waals surface area (Å²) < 4.78 is -0.167. The van der Waals surface area contributed by atoms with Crippen molar-refractivity contribution in [1.82, 2.24) is 0 Å². The summed E-state index contributed by atoms with van der Waals surface area (Å²) in [5.74, 6) is 0.556. The highest BCUT2D eigenvalue weighted by Crippen LogP contribution is 2.15. The summed E-state index contributed by atoms with van der Waals surface area (Å²) in [7, 11) is 0. The van der Waals surface area contributed by atoms with Gasteiger partial charge in [0, 0.05) is 5.88 Å². The Morgan fingerprint density at radius 1 is 1.38 bits per heavy atom. The summed E-state index contributed by atoms with van der Waals surface area (Å²) in [5, 5.41) is 0. The van der Waals surface area contributed by atoms with E-state index in [0.717, 1.165) is 0 Å². The highest BCUT2D eigenvalue weighted by atomic mass is 35.6. The van der Waals surface area contributed by atoms with Gasteiger partial charge < -0.3 is 0 Å². The average Bonchev–Trinajstić information content (AvgIpc) is 1.65. The molecule has 0 aromatic rings. The predicted octanol–water partition coefficient (Wildman–Crippen LogP) is 3.56. The van der Waals surface area contributed by atoms with Crippen LogP contribution in [0.2, 0.25) is 0 Å². The van der Waals surface area contributed by atoms with Gasteiger partial charge in [-0.05, 0) is 0 Å². The van der Waals surface area contributed by atoms with E-state index in [1.165, 1.54) is 0 Å². The minimum Gasteiger partial charge on any atom is -0.122 e. The lowest BCUT2D eigenvalue weighted by molar-refractivity contribution is 1.80. The van der Waals surface area contributed by atoms with Crippen LogP contribution in [0.1, 0.15) is 0 Å². The van der Waals surface area contributed by atoms with Gasteiger partial charge in [-0.2, -0.15) is 0 Å². The fourth-order valence-electron chi connectivity index (χ4n) is 0. The third-order valence-corrected chi connectivity index (χ3v) is 0.327. The van der Waals surface area contributed by atoms with E-state index in [1.54, 1.807) is 6.08 Å². The molecule has 0 saturated carbocycles. The summed E-state index contributed by atoms with van der Waals surface area (Å²) in [5.41, 5.74) is 0. The Kier molecular flexibility index (Phi) is 15.8.